The van der Waals surface area contributed by atoms with Gasteiger partial charge >= 0.3 is 6.03 Å². The van der Waals surface area contributed by atoms with Gasteiger partial charge in [0.1, 0.15) is 0 Å². The topological polar surface area (TPSA) is 75.9 Å². The molecular weight excluding hydrogens is 290 g/mol. The molecule has 0 unspecified atom stereocenters. The van der Waals surface area contributed by atoms with Crippen molar-refractivity contribution in [2.45, 2.75) is 18.4 Å². The van der Waals surface area contributed by atoms with Crippen LogP contribution in [0.25, 0.3) is 0 Å². The second kappa shape index (κ2) is 5.65. The van der Waals surface area contributed by atoms with E-state index in [9.17, 15) is 9.59 Å². The average Bonchev–Trinajstić information content (AvgIpc) is 3.01. The fraction of sp³-hybridized carbons (Fsp3) is 0.571. The summed E-state index contributed by atoms with van der Waals surface area (Å²) in [5.41, 5.74) is 4.99. The van der Waals surface area contributed by atoms with E-state index in [4.69, 9.17) is 10.5 Å². The van der Waals surface area contributed by atoms with Crippen molar-refractivity contribution in [3.8, 4) is 0 Å². The van der Waals surface area contributed by atoms with Crippen LogP contribution in [-0.4, -0.2) is 60.1 Å². The van der Waals surface area contributed by atoms with Crippen molar-refractivity contribution in [2.24, 2.45) is 5.73 Å². The normalized spacial score (nSPS) is 21.5. The number of piperidine rings is 1. The van der Waals surface area contributed by atoms with Crippen molar-refractivity contribution in [1.82, 2.24) is 9.80 Å². The van der Waals surface area contributed by atoms with Gasteiger partial charge in [-0.2, -0.15) is 0 Å². The maximum Gasteiger partial charge on any atom is 0.314 e. The standard InChI is InChI=1S/C14H19N3O3S/c15-13(19)16-5-3-14(4-6-16)10-17(7-8-20-14)12(18)11-2-1-9-21-11/h1-2,9H,3-8,10H2,(H2,15,19). The Balaban J connectivity index is 1.66. The molecule has 1 spiro atoms. The molecule has 0 aliphatic carbocycles. The Kier molecular flexibility index (Phi) is 3.86. The summed E-state index contributed by atoms with van der Waals surface area (Å²) in [4.78, 5) is 27.9. The highest BCUT2D eigenvalue weighted by Crippen LogP contribution is 2.31. The summed E-state index contributed by atoms with van der Waals surface area (Å²) in [5.74, 6) is 0.0741. The first kappa shape index (κ1) is 14.3. The summed E-state index contributed by atoms with van der Waals surface area (Å²) < 4.78 is 5.96. The van der Waals surface area contributed by atoms with Gasteiger partial charge in [-0.3, -0.25) is 4.79 Å². The van der Waals surface area contributed by atoms with Crippen LogP contribution in [-0.2, 0) is 4.74 Å². The maximum absolute atomic E-state index is 12.5. The number of primary amides is 1. The Morgan fingerprint density at radius 3 is 2.62 bits per heavy atom. The molecule has 0 atom stereocenters. The summed E-state index contributed by atoms with van der Waals surface area (Å²) in [7, 11) is 0. The van der Waals surface area contributed by atoms with Gasteiger partial charge in [0.15, 0.2) is 0 Å². The number of likely N-dealkylation sites (tertiary alicyclic amines) is 1. The van der Waals surface area contributed by atoms with Gasteiger partial charge in [0.2, 0.25) is 0 Å². The van der Waals surface area contributed by atoms with Gasteiger partial charge in [0.25, 0.3) is 5.91 Å². The lowest BCUT2D eigenvalue weighted by molar-refractivity contribution is -0.123. The number of carbonyl (C=O) groups excluding carboxylic acids is 2. The summed E-state index contributed by atoms with van der Waals surface area (Å²) in [6.07, 6.45) is 1.45. The van der Waals surface area contributed by atoms with Crippen LogP contribution in [0.5, 0.6) is 0 Å². The highest BCUT2D eigenvalue weighted by atomic mass is 32.1. The lowest BCUT2D eigenvalue weighted by atomic mass is 9.89. The lowest BCUT2D eigenvalue weighted by Crippen LogP contribution is -2.59. The van der Waals surface area contributed by atoms with Crippen LogP contribution < -0.4 is 5.73 Å². The molecular formula is C14H19N3O3S. The minimum atomic E-state index is -0.382. The summed E-state index contributed by atoms with van der Waals surface area (Å²) >= 11 is 1.46. The van der Waals surface area contributed by atoms with E-state index in [-0.39, 0.29) is 17.5 Å². The molecule has 2 aliphatic rings. The molecule has 114 valence electrons. The average molecular weight is 309 g/mol. The van der Waals surface area contributed by atoms with E-state index in [1.165, 1.54) is 11.3 Å². The van der Waals surface area contributed by atoms with Crippen LogP contribution in [0.2, 0.25) is 0 Å². The molecule has 2 aliphatic heterocycles. The summed E-state index contributed by atoms with van der Waals surface area (Å²) in [6, 6.07) is 3.36. The summed E-state index contributed by atoms with van der Waals surface area (Å²) in [6.45, 7) is 2.95. The third-order valence-electron chi connectivity index (χ3n) is 4.25. The molecule has 1 aromatic rings. The van der Waals surface area contributed by atoms with Crippen LogP contribution in [0, 0.1) is 0 Å². The van der Waals surface area contributed by atoms with Crippen LogP contribution >= 0.6 is 11.3 Å². The van der Waals surface area contributed by atoms with E-state index in [1.807, 2.05) is 22.4 Å². The first-order chi connectivity index (χ1) is 10.1. The van der Waals surface area contributed by atoms with E-state index in [2.05, 4.69) is 0 Å². The molecule has 1 aromatic heterocycles. The van der Waals surface area contributed by atoms with Gasteiger partial charge in [0.05, 0.1) is 23.6 Å². The SMILES string of the molecule is NC(=O)N1CCC2(CC1)CN(C(=O)c1cccs1)CCO2. The fourth-order valence-electron chi connectivity index (χ4n) is 3.01. The number of morpholine rings is 1. The van der Waals surface area contributed by atoms with Gasteiger partial charge in [-0.1, -0.05) is 6.07 Å². The van der Waals surface area contributed by atoms with E-state index in [0.29, 0.717) is 32.8 Å². The molecule has 0 radical (unpaired) electrons. The van der Waals surface area contributed by atoms with Gasteiger partial charge in [-0.15, -0.1) is 11.3 Å². The fourth-order valence-corrected chi connectivity index (χ4v) is 3.70. The van der Waals surface area contributed by atoms with Crippen LogP contribution in [0.1, 0.15) is 22.5 Å². The van der Waals surface area contributed by atoms with Crippen molar-refractivity contribution in [3.05, 3.63) is 22.4 Å². The van der Waals surface area contributed by atoms with Crippen LogP contribution in [0.15, 0.2) is 17.5 Å². The molecule has 2 saturated heterocycles. The van der Waals surface area contributed by atoms with E-state index < -0.39 is 0 Å². The quantitative estimate of drug-likeness (QED) is 0.845. The number of hydrogen-bond acceptors (Lipinski definition) is 4. The number of rotatable bonds is 1. The maximum atomic E-state index is 12.5. The van der Waals surface area contributed by atoms with E-state index in [0.717, 1.165) is 17.7 Å². The van der Waals surface area contributed by atoms with Gasteiger partial charge in [-0.05, 0) is 24.3 Å². The molecule has 3 rings (SSSR count). The minimum Gasteiger partial charge on any atom is -0.371 e. The molecule has 0 saturated carbocycles. The third kappa shape index (κ3) is 2.89. The molecule has 0 aromatic carbocycles. The van der Waals surface area contributed by atoms with E-state index >= 15 is 0 Å². The van der Waals surface area contributed by atoms with Gasteiger partial charge in [-0.25, -0.2) is 4.79 Å². The second-order valence-electron chi connectivity index (χ2n) is 5.56. The van der Waals surface area contributed by atoms with Gasteiger partial charge < -0.3 is 20.3 Å². The zero-order valence-electron chi connectivity index (χ0n) is 11.8. The van der Waals surface area contributed by atoms with Crippen LogP contribution in [0.3, 0.4) is 0 Å². The van der Waals surface area contributed by atoms with Crippen molar-refractivity contribution in [2.75, 3.05) is 32.8 Å². The Morgan fingerprint density at radius 1 is 1.24 bits per heavy atom. The lowest BCUT2D eigenvalue weighted by Gasteiger charge is -2.46. The largest absolute Gasteiger partial charge is 0.371 e. The Morgan fingerprint density at radius 2 is 2.00 bits per heavy atom. The van der Waals surface area contributed by atoms with Crippen molar-refractivity contribution < 1.29 is 14.3 Å². The molecule has 7 heteroatoms. The zero-order valence-corrected chi connectivity index (χ0v) is 12.6. The summed E-state index contributed by atoms with van der Waals surface area (Å²) in [5, 5.41) is 1.91. The van der Waals surface area contributed by atoms with Crippen molar-refractivity contribution in [3.63, 3.8) is 0 Å². The Bertz CT molecular complexity index is 524. The van der Waals surface area contributed by atoms with Crippen LogP contribution in [0.4, 0.5) is 4.79 Å². The van der Waals surface area contributed by atoms with E-state index in [1.54, 1.807) is 4.90 Å². The highest BCUT2D eigenvalue weighted by Gasteiger charge is 2.41. The minimum absolute atomic E-state index is 0.0741. The first-order valence-electron chi connectivity index (χ1n) is 7.11. The Labute approximate surface area is 127 Å². The number of nitrogens with zero attached hydrogens (tertiary/aromatic N) is 2. The van der Waals surface area contributed by atoms with Gasteiger partial charge in [0, 0.05) is 19.6 Å². The predicted octanol–water partition coefficient (Wildman–Crippen LogP) is 1.13. The molecule has 21 heavy (non-hydrogen) atoms. The van der Waals surface area contributed by atoms with Crippen molar-refractivity contribution >= 4 is 23.3 Å². The zero-order chi connectivity index (χ0) is 14.9. The number of carbonyl (C=O) groups is 2. The number of amides is 3. The molecule has 2 fully saturated rings. The first-order valence-corrected chi connectivity index (χ1v) is 7.99. The predicted molar refractivity (Wildman–Crippen MR) is 79.3 cm³/mol. The monoisotopic (exact) mass is 309 g/mol. The molecule has 0 bridgehead atoms. The highest BCUT2D eigenvalue weighted by molar-refractivity contribution is 7.12. The number of thiophene rings is 1. The smallest absolute Gasteiger partial charge is 0.314 e. The number of hydrogen-bond donors (Lipinski definition) is 1. The molecule has 6 nitrogen and oxygen atoms in total. The molecule has 3 heterocycles. The number of nitrogens with two attached hydrogens (primary N) is 1. The Hall–Kier alpha value is -1.60. The second-order valence-corrected chi connectivity index (χ2v) is 6.51. The van der Waals surface area contributed by atoms with Crippen molar-refractivity contribution in [1.29, 1.82) is 0 Å². The third-order valence-corrected chi connectivity index (χ3v) is 5.11. The molecule has 3 amide bonds. The number of urea groups is 1. The number of ether oxygens (including phenoxy) is 1. The molecule has 2 N–H and O–H groups in total.